The Hall–Kier alpha value is -2.95. The van der Waals surface area contributed by atoms with Crippen molar-refractivity contribution in [2.45, 2.75) is 31.6 Å². The van der Waals surface area contributed by atoms with Crippen molar-refractivity contribution in [3.05, 3.63) is 76.7 Å². The van der Waals surface area contributed by atoms with E-state index in [4.69, 9.17) is 0 Å². The van der Waals surface area contributed by atoms with Crippen LogP contribution in [-0.2, 0) is 12.8 Å². The Balaban J connectivity index is 1.40. The molecule has 142 valence electrons. The lowest BCUT2D eigenvalue weighted by molar-refractivity contribution is 0.0705. The number of aromatic amines is 1. The molecule has 5 heteroatoms. The van der Waals surface area contributed by atoms with Crippen LogP contribution in [0.4, 0.5) is 4.39 Å². The standard InChI is InChI=1S/C23H22FN3O/c24-18-10-7-16(8-11-18)23(28)27-13-3-5-17(14-27)21-20-12-9-15-4-1-2-6-19(15)22(20)26-25-21/h1-2,4,6-8,10-11,17H,3,5,9,12-14H2,(H,25,26). The maximum atomic E-state index is 13.2. The van der Waals surface area contributed by atoms with Crippen molar-refractivity contribution < 1.29 is 9.18 Å². The molecule has 0 saturated carbocycles. The van der Waals surface area contributed by atoms with Crippen LogP contribution in [0.1, 0.15) is 45.9 Å². The summed E-state index contributed by atoms with van der Waals surface area (Å²) in [4.78, 5) is 14.7. The number of H-pyrrole nitrogens is 1. The molecule has 0 radical (unpaired) electrons. The molecule has 1 atom stereocenters. The van der Waals surface area contributed by atoms with Gasteiger partial charge in [-0.2, -0.15) is 5.10 Å². The summed E-state index contributed by atoms with van der Waals surface area (Å²) >= 11 is 0. The summed E-state index contributed by atoms with van der Waals surface area (Å²) < 4.78 is 13.2. The van der Waals surface area contributed by atoms with Gasteiger partial charge in [-0.3, -0.25) is 9.89 Å². The predicted octanol–water partition coefficient (Wildman–Crippen LogP) is 4.33. The largest absolute Gasteiger partial charge is 0.338 e. The average Bonchev–Trinajstić information content (AvgIpc) is 3.19. The van der Waals surface area contributed by atoms with Gasteiger partial charge in [0.25, 0.3) is 5.91 Å². The van der Waals surface area contributed by atoms with E-state index in [0.717, 1.165) is 43.6 Å². The highest BCUT2D eigenvalue weighted by Crippen LogP contribution is 2.38. The fourth-order valence-corrected chi connectivity index (χ4v) is 4.59. The van der Waals surface area contributed by atoms with Gasteiger partial charge in [-0.1, -0.05) is 24.3 Å². The number of benzene rings is 2. The van der Waals surface area contributed by atoms with Crippen LogP contribution < -0.4 is 0 Å². The number of piperidine rings is 1. The van der Waals surface area contributed by atoms with Crippen molar-refractivity contribution >= 4 is 5.91 Å². The number of hydrogen-bond donors (Lipinski definition) is 1. The smallest absolute Gasteiger partial charge is 0.253 e. The van der Waals surface area contributed by atoms with Crippen molar-refractivity contribution in [1.82, 2.24) is 15.1 Å². The number of fused-ring (bicyclic) bond motifs is 3. The molecule has 1 saturated heterocycles. The van der Waals surface area contributed by atoms with Crippen molar-refractivity contribution in [3.63, 3.8) is 0 Å². The first kappa shape index (κ1) is 17.2. The number of hydrogen-bond acceptors (Lipinski definition) is 2. The van der Waals surface area contributed by atoms with Crippen molar-refractivity contribution in [2.24, 2.45) is 0 Å². The van der Waals surface area contributed by atoms with Crippen LogP contribution in [0.3, 0.4) is 0 Å². The highest BCUT2D eigenvalue weighted by Gasteiger charge is 2.31. The number of amides is 1. The molecule has 2 aliphatic rings. The lowest BCUT2D eigenvalue weighted by Crippen LogP contribution is -2.39. The second-order valence-electron chi connectivity index (χ2n) is 7.72. The van der Waals surface area contributed by atoms with Gasteiger partial charge in [0.15, 0.2) is 0 Å². The summed E-state index contributed by atoms with van der Waals surface area (Å²) in [6.07, 6.45) is 4.00. The molecule has 0 bridgehead atoms. The number of halogens is 1. The fourth-order valence-electron chi connectivity index (χ4n) is 4.59. The maximum absolute atomic E-state index is 13.2. The van der Waals surface area contributed by atoms with Crippen molar-refractivity contribution in [1.29, 1.82) is 0 Å². The van der Waals surface area contributed by atoms with E-state index in [1.54, 1.807) is 12.1 Å². The molecule has 4 nitrogen and oxygen atoms in total. The number of rotatable bonds is 2. The Kier molecular flexibility index (Phi) is 4.23. The number of nitrogens with zero attached hydrogens (tertiary/aromatic N) is 2. The number of aromatic nitrogens is 2. The fraction of sp³-hybridized carbons (Fsp3) is 0.304. The van der Waals surface area contributed by atoms with E-state index in [9.17, 15) is 9.18 Å². The molecule has 5 rings (SSSR count). The zero-order valence-corrected chi connectivity index (χ0v) is 15.6. The van der Waals surface area contributed by atoms with Crippen molar-refractivity contribution in [2.75, 3.05) is 13.1 Å². The zero-order chi connectivity index (χ0) is 19.1. The third-order valence-electron chi connectivity index (χ3n) is 6.02. The zero-order valence-electron chi connectivity index (χ0n) is 15.6. The van der Waals surface area contributed by atoms with Crippen LogP contribution in [0.5, 0.6) is 0 Å². The third kappa shape index (κ3) is 2.91. The van der Waals surface area contributed by atoms with E-state index in [1.807, 2.05) is 4.90 Å². The SMILES string of the molecule is O=C(c1ccc(F)cc1)N1CCCC(c2n[nH]c3c2CCc2ccccc2-3)C1. The Morgan fingerprint density at radius 2 is 1.93 bits per heavy atom. The Morgan fingerprint density at radius 1 is 1.11 bits per heavy atom. The van der Waals surface area contributed by atoms with E-state index < -0.39 is 0 Å². The van der Waals surface area contributed by atoms with Crippen LogP contribution in [0.2, 0.25) is 0 Å². The van der Waals surface area contributed by atoms with Crippen LogP contribution in [0, 0.1) is 5.82 Å². The van der Waals surface area contributed by atoms with Gasteiger partial charge in [-0.05, 0) is 55.5 Å². The number of carbonyl (C=O) groups excluding carboxylic acids is 1. The lowest BCUT2D eigenvalue weighted by atomic mass is 9.84. The topological polar surface area (TPSA) is 49.0 Å². The summed E-state index contributed by atoms with van der Waals surface area (Å²) in [6, 6.07) is 14.3. The van der Waals surface area contributed by atoms with E-state index in [2.05, 4.69) is 34.5 Å². The van der Waals surface area contributed by atoms with Gasteiger partial charge < -0.3 is 4.90 Å². The summed E-state index contributed by atoms with van der Waals surface area (Å²) in [6.45, 7) is 1.40. The molecule has 1 aromatic heterocycles. The highest BCUT2D eigenvalue weighted by molar-refractivity contribution is 5.94. The molecule has 2 heterocycles. The minimum Gasteiger partial charge on any atom is -0.338 e. The Bertz CT molecular complexity index is 1020. The van der Waals surface area contributed by atoms with Gasteiger partial charge in [0, 0.05) is 35.7 Å². The summed E-state index contributed by atoms with van der Waals surface area (Å²) in [7, 11) is 0. The first-order valence-corrected chi connectivity index (χ1v) is 9.91. The molecular weight excluding hydrogens is 353 g/mol. The molecule has 1 N–H and O–H groups in total. The number of likely N-dealkylation sites (tertiary alicyclic amines) is 1. The molecule has 1 aliphatic heterocycles. The molecule has 3 aromatic rings. The van der Waals surface area contributed by atoms with Gasteiger partial charge in [-0.25, -0.2) is 4.39 Å². The minimum atomic E-state index is -0.323. The molecule has 28 heavy (non-hydrogen) atoms. The molecular formula is C23H22FN3O. The Labute approximate surface area is 163 Å². The molecule has 1 aliphatic carbocycles. The highest BCUT2D eigenvalue weighted by atomic mass is 19.1. The molecule has 1 amide bonds. The number of aryl methyl sites for hydroxylation is 1. The third-order valence-corrected chi connectivity index (χ3v) is 6.02. The summed E-state index contributed by atoms with van der Waals surface area (Å²) in [5.41, 5.74) is 6.71. The van der Waals surface area contributed by atoms with E-state index >= 15 is 0 Å². The van der Waals surface area contributed by atoms with Gasteiger partial charge in [0.1, 0.15) is 5.82 Å². The van der Waals surface area contributed by atoms with Crippen LogP contribution in [0.15, 0.2) is 48.5 Å². The molecule has 2 aromatic carbocycles. The number of carbonyl (C=O) groups is 1. The normalized spacial score (nSPS) is 18.5. The predicted molar refractivity (Wildman–Crippen MR) is 106 cm³/mol. The van der Waals surface area contributed by atoms with Crippen molar-refractivity contribution in [3.8, 4) is 11.3 Å². The van der Waals surface area contributed by atoms with Gasteiger partial charge in [-0.15, -0.1) is 0 Å². The van der Waals surface area contributed by atoms with Crippen LogP contribution in [0.25, 0.3) is 11.3 Å². The van der Waals surface area contributed by atoms with Gasteiger partial charge in [0.2, 0.25) is 0 Å². The molecule has 0 spiro atoms. The first-order valence-electron chi connectivity index (χ1n) is 9.91. The maximum Gasteiger partial charge on any atom is 0.253 e. The summed E-state index contributed by atoms with van der Waals surface area (Å²) in [5.74, 6) is -0.112. The van der Waals surface area contributed by atoms with E-state index in [-0.39, 0.29) is 17.6 Å². The monoisotopic (exact) mass is 375 g/mol. The Morgan fingerprint density at radius 3 is 2.79 bits per heavy atom. The quantitative estimate of drug-likeness (QED) is 0.725. The number of nitrogens with one attached hydrogen (secondary N) is 1. The lowest BCUT2D eigenvalue weighted by Gasteiger charge is -2.33. The van der Waals surface area contributed by atoms with Crippen LogP contribution in [-0.4, -0.2) is 34.1 Å². The minimum absolute atomic E-state index is 0.0283. The van der Waals surface area contributed by atoms with E-state index in [1.165, 1.54) is 28.8 Å². The first-order chi connectivity index (χ1) is 13.7. The van der Waals surface area contributed by atoms with Gasteiger partial charge >= 0.3 is 0 Å². The second kappa shape index (κ2) is 6.89. The average molecular weight is 375 g/mol. The summed E-state index contributed by atoms with van der Waals surface area (Å²) in [5, 5.41) is 7.95. The van der Waals surface area contributed by atoms with Crippen LogP contribution >= 0.6 is 0 Å². The van der Waals surface area contributed by atoms with Gasteiger partial charge in [0.05, 0.1) is 11.4 Å². The van der Waals surface area contributed by atoms with E-state index in [0.29, 0.717) is 12.1 Å². The molecule has 1 unspecified atom stereocenters. The molecule has 1 fully saturated rings. The second-order valence-corrected chi connectivity index (χ2v) is 7.72.